The molecule has 0 aromatic carbocycles. The maximum atomic E-state index is 13.8. The molecule has 0 aliphatic carbocycles. The van der Waals surface area contributed by atoms with Crippen molar-refractivity contribution in [3.63, 3.8) is 0 Å². The Morgan fingerprint density at radius 2 is 2.35 bits per heavy atom. The third-order valence-corrected chi connectivity index (χ3v) is 6.59. The first-order valence-electron chi connectivity index (χ1n) is 6.58. The average molecular weight is 488 g/mol. The zero-order chi connectivity index (χ0) is 17.0. The van der Waals surface area contributed by atoms with Crippen LogP contribution >= 0.6 is 53.3 Å². The molecule has 2 aromatic rings. The van der Waals surface area contributed by atoms with Gasteiger partial charge in [-0.05, 0) is 23.9 Å². The Morgan fingerprint density at radius 3 is 2.87 bits per heavy atom. The van der Waals surface area contributed by atoms with E-state index in [1.807, 2.05) is 39.6 Å². The van der Waals surface area contributed by atoms with Gasteiger partial charge < -0.3 is 0 Å². The number of rotatable bonds is 7. The van der Waals surface area contributed by atoms with Crippen molar-refractivity contribution in [2.24, 2.45) is 0 Å². The fourth-order valence-corrected chi connectivity index (χ4v) is 5.48. The molecule has 0 radical (unpaired) electrons. The van der Waals surface area contributed by atoms with E-state index in [0.29, 0.717) is 11.4 Å². The minimum atomic E-state index is -1.08. The van der Waals surface area contributed by atoms with Crippen LogP contribution in [0.15, 0.2) is 23.7 Å². The maximum absolute atomic E-state index is 13.8. The Bertz CT molecular complexity index is 704. The standard InChI is InChI=1S/C13H12ClFIN3O2S2/c1-2-8(7-11-9(14)4-6-22-11)18(23-16)10-3-5-17-13(15)12(10)19(20)21/h3-6,8H,2,7H2,1H3. The molecule has 1 unspecified atom stereocenters. The first-order valence-corrected chi connectivity index (χ1v) is 11.2. The van der Waals surface area contributed by atoms with Crippen molar-refractivity contribution in [2.45, 2.75) is 25.8 Å². The second-order valence-corrected chi connectivity index (χ2v) is 7.70. The molecule has 0 N–H and O–H groups in total. The molecule has 0 saturated heterocycles. The fourth-order valence-electron chi connectivity index (χ4n) is 2.13. The summed E-state index contributed by atoms with van der Waals surface area (Å²) in [6, 6.07) is 3.23. The summed E-state index contributed by atoms with van der Waals surface area (Å²) in [4.78, 5) is 14.9. The molecular formula is C13H12ClFIN3O2S2. The number of anilines is 1. The fraction of sp³-hybridized carbons (Fsp3) is 0.308. The monoisotopic (exact) mass is 487 g/mol. The van der Waals surface area contributed by atoms with Gasteiger partial charge in [0.25, 0.3) is 5.95 Å². The minimum absolute atomic E-state index is 0.0615. The molecular weight excluding hydrogens is 476 g/mol. The normalized spacial score (nSPS) is 12.2. The van der Waals surface area contributed by atoms with Crippen LogP contribution in [0.25, 0.3) is 0 Å². The molecule has 2 heterocycles. The van der Waals surface area contributed by atoms with Gasteiger partial charge in [-0.2, -0.15) is 4.39 Å². The van der Waals surface area contributed by atoms with Gasteiger partial charge in [0.05, 0.1) is 9.95 Å². The lowest BCUT2D eigenvalue weighted by atomic mass is 10.1. The molecule has 0 amide bonds. The predicted molar refractivity (Wildman–Crippen MR) is 102 cm³/mol. The minimum Gasteiger partial charge on any atom is -0.298 e. The van der Waals surface area contributed by atoms with Crippen molar-refractivity contribution in [3.05, 3.63) is 49.7 Å². The summed E-state index contributed by atoms with van der Waals surface area (Å²) in [6.45, 7) is 1.98. The molecule has 1 atom stereocenters. The van der Waals surface area contributed by atoms with E-state index in [-0.39, 0.29) is 11.7 Å². The number of hydrogen-bond acceptors (Lipinski definition) is 6. The van der Waals surface area contributed by atoms with Crippen LogP contribution in [0.5, 0.6) is 0 Å². The molecule has 124 valence electrons. The zero-order valence-electron chi connectivity index (χ0n) is 11.9. The first-order chi connectivity index (χ1) is 11.0. The topological polar surface area (TPSA) is 59.3 Å². The Hall–Kier alpha value is -0.650. The lowest BCUT2D eigenvalue weighted by molar-refractivity contribution is -0.387. The molecule has 2 rings (SSSR count). The van der Waals surface area contributed by atoms with Crippen LogP contribution in [-0.2, 0) is 6.42 Å². The number of aromatic nitrogens is 1. The summed E-state index contributed by atoms with van der Waals surface area (Å²) in [5.74, 6) is -1.08. The van der Waals surface area contributed by atoms with Crippen molar-refractivity contribution in [2.75, 3.05) is 4.31 Å². The van der Waals surface area contributed by atoms with Crippen molar-refractivity contribution < 1.29 is 9.31 Å². The number of pyridine rings is 1. The summed E-state index contributed by atoms with van der Waals surface area (Å²) in [5.41, 5.74) is -0.395. The highest BCUT2D eigenvalue weighted by Crippen LogP contribution is 2.39. The highest BCUT2D eigenvalue weighted by atomic mass is 127. The SMILES string of the molecule is CCC(Cc1sccc1Cl)N(SI)c1ccnc(F)c1[N+](=O)[O-]. The van der Waals surface area contributed by atoms with E-state index < -0.39 is 16.6 Å². The molecule has 0 aliphatic heterocycles. The molecule has 10 heteroatoms. The Balaban J connectivity index is 2.39. The Morgan fingerprint density at radius 1 is 1.61 bits per heavy atom. The number of nitrogens with zero attached hydrogens (tertiary/aromatic N) is 3. The lowest BCUT2D eigenvalue weighted by Crippen LogP contribution is -2.30. The quantitative estimate of drug-likeness (QED) is 0.166. The second kappa shape index (κ2) is 8.45. The van der Waals surface area contributed by atoms with E-state index in [9.17, 15) is 14.5 Å². The van der Waals surface area contributed by atoms with Gasteiger partial charge in [0.1, 0.15) is 5.69 Å². The average Bonchev–Trinajstić information content (AvgIpc) is 2.91. The number of nitro groups is 1. The molecule has 0 aliphatic rings. The van der Waals surface area contributed by atoms with Crippen molar-refractivity contribution in [3.8, 4) is 0 Å². The molecule has 2 aromatic heterocycles. The smallest absolute Gasteiger partial charge is 0.298 e. The molecule has 0 spiro atoms. The van der Waals surface area contributed by atoms with E-state index in [4.69, 9.17) is 11.6 Å². The van der Waals surface area contributed by atoms with Crippen LogP contribution < -0.4 is 4.31 Å². The Kier molecular flexibility index (Phi) is 6.86. The largest absolute Gasteiger partial charge is 0.347 e. The number of hydrogen-bond donors (Lipinski definition) is 0. The van der Waals surface area contributed by atoms with Crippen molar-refractivity contribution in [1.29, 1.82) is 0 Å². The van der Waals surface area contributed by atoms with E-state index >= 15 is 0 Å². The van der Waals surface area contributed by atoms with Gasteiger partial charge in [-0.3, -0.25) is 14.4 Å². The summed E-state index contributed by atoms with van der Waals surface area (Å²) in [6.07, 6.45) is 2.60. The Labute approximate surface area is 158 Å². The first kappa shape index (κ1) is 18.7. The number of thiophene rings is 1. The van der Waals surface area contributed by atoms with Crippen LogP contribution in [0.3, 0.4) is 0 Å². The van der Waals surface area contributed by atoms with E-state index in [1.165, 1.54) is 32.7 Å². The summed E-state index contributed by atoms with van der Waals surface area (Å²) < 4.78 is 15.5. The summed E-state index contributed by atoms with van der Waals surface area (Å²) in [5, 5.41) is 13.8. The van der Waals surface area contributed by atoms with Gasteiger partial charge in [-0.1, -0.05) is 18.5 Å². The zero-order valence-corrected chi connectivity index (χ0v) is 16.5. The van der Waals surface area contributed by atoms with E-state index in [0.717, 1.165) is 11.3 Å². The van der Waals surface area contributed by atoms with Gasteiger partial charge in [0.15, 0.2) is 0 Å². The van der Waals surface area contributed by atoms with Gasteiger partial charge in [-0.15, -0.1) is 11.3 Å². The maximum Gasteiger partial charge on any atom is 0.347 e. The second-order valence-electron chi connectivity index (χ2n) is 4.58. The van der Waals surface area contributed by atoms with Gasteiger partial charge in [0.2, 0.25) is 0 Å². The summed E-state index contributed by atoms with van der Waals surface area (Å²) >= 11 is 9.73. The van der Waals surface area contributed by atoms with Gasteiger partial charge in [-0.25, -0.2) is 4.98 Å². The third-order valence-electron chi connectivity index (χ3n) is 3.27. The number of halogens is 3. The molecule has 23 heavy (non-hydrogen) atoms. The molecule has 5 nitrogen and oxygen atoms in total. The van der Waals surface area contributed by atoms with Gasteiger partial charge >= 0.3 is 5.69 Å². The van der Waals surface area contributed by atoms with Gasteiger partial charge in [0, 0.05) is 53.9 Å². The highest BCUT2D eigenvalue weighted by molar-refractivity contribution is 14.2. The molecule has 0 saturated carbocycles. The van der Waals surface area contributed by atoms with Crippen molar-refractivity contribution >= 4 is 64.6 Å². The van der Waals surface area contributed by atoms with Crippen LogP contribution in [0.2, 0.25) is 5.02 Å². The lowest BCUT2D eigenvalue weighted by Gasteiger charge is -2.29. The van der Waals surface area contributed by atoms with Crippen LogP contribution in [0.1, 0.15) is 18.2 Å². The van der Waals surface area contributed by atoms with Crippen LogP contribution in [-0.4, -0.2) is 15.9 Å². The summed E-state index contributed by atoms with van der Waals surface area (Å²) in [7, 11) is 1.29. The van der Waals surface area contributed by atoms with Crippen LogP contribution in [0.4, 0.5) is 15.8 Å². The van der Waals surface area contributed by atoms with E-state index in [1.54, 1.807) is 4.31 Å². The molecule has 0 bridgehead atoms. The van der Waals surface area contributed by atoms with E-state index in [2.05, 4.69) is 4.98 Å². The molecule has 0 fully saturated rings. The third kappa shape index (κ3) is 4.25. The van der Waals surface area contributed by atoms with Crippen molar-refractivity contribution in [1.82, 2.24) is 4.98 Å². The predicted octanol–water partition coefficient (Wildman–Crippen LogP) is 5.67. The van der Waals surface area contributed by atoms with Crippen LogP contribution in [0, 0.1) is 16.1 Å². The highest BCUT2D eigenvalue weighted by Gasteiger charge is 2.30.